The van der Waals surface area contributed by atoms with E-state index in [4.69, 9.17) is 9.47 Å². The highest BCUT2D eigenvalue weighted by Gasteiger charge is 2.33. The second kappa shape index (κ2) is 17.5. The highest BCUT2D eigenvalue weighted by molar-refractivity contribution is 5.73. The minimum Gasteiger partial charge on any atom is -0.550 e. The smallest absolute Gasteiger partial charge is 0.247 e. The van der Waals surface area contributed by atoms with Crippen LogP contribution in [0.4, 0.5) is 0 Å². The van der Waals surface area contributed by atoms with Crippen LogP contribution in [0.15, 0.2) is 43.0 Å². The van der Waals surface area contributed by atoms with Crippen LogP contribution in [-0.4, -0.2) is 22.7 Å². The van der Waals surface area contributed by atoms with Gasteiger partial charge < -0.3 is 19.4 Å². The normalized spacial score (nSPS) is 26.5. The van der Waals surface area contributed by atoms with Gasteiger partial charge in [0.25, 0.3) is 0 Å². The van der Waals surface area contributed by atoms with E-state index in [2.05, 4.69) is 83.2 Å². The lowest BCUT2D eigenvalue weighted by Gasteiger charge is -2.36. The zero-order valence-electron chi connectivity index (χ0n) is 29.2. The first-order chi connectivity index (χ1) is 20.8. The molecule has 2 aliphatic carbocycles. The number of benzene rings is 1. The van der Waals surface area contributed by atoms with Gasteiger partial charge in [0.2, 0.25) is 6.33 Å². The lowest BCUT2D eigenvalue weighted by molar-refractivity contribution is -0.735. The van der Waals surface area contributed by atoms with Gasteiger partial charge in [-0.15, -0.1) is 0 Å². The molecule has 1 aromatic carbocycles. The molecule has 248 valence electrons. The van der Waals surface area contributed by atoms with Crippen LogP contribution < -0.4 is 9.67 Å². The maximum atomic E-state index is 10.7. The van der Waals surface area contributed by atoms with Gasteiger partial charge in [0, 0.05) is 11.9 Å². The van der Waals surface area contributed by atoms with Gasteiger partial charge in [-0.25, -0.2) is 9.13 Å². The number of carbonyl (C=O) groups is 1. The lowest BCUT2D eigenvalue weighted by atomic mass is 9.75. The highest BCUT2D eigenvalue weighted by Crippen LogP contribution is 2.36. The van der Waals surface area contributed by atoms with Crippen molar-refractivity contribution >= 4 is 5.97 Å². The lowest BCUT2D eigenvalue weighted by Crippen LogP contribution is -2.40. The maximum absolute atomic E-state index is 10.7. The van der Waals surface area contributed by atoms with E-state index in [0.29, 0.717) is 55.3 Å². The Bertz CT molecular complexity index is 1060. The summed E-state index contributed by atoms with van der Waals surface area (Å²) in [5, 5.41) is 10.7. The molecule has 7 atom stereocenters. The number of aromatic nitrogens is 2. The molecule has 2 fully saturated rings. The molecule has 2 aromatic rings. The van der Waals surface area contributed by atoms with Gasteiger partial charge in [-0.05, 0) is 84.7 Å². The molecular formula is C38H62N2O4. The summed E-state index contributed by atoms with van der Waals surface area (Å²) in [6.07, 6.45) is 15.9. The van der Waals surface area contributed by atoms with Crippen LogP contribution in [-0.2, 0) is 34.2 Å². The average Bonchev–Trinajstić information content (AvgIpc) is 3.42. The van der Waals surface area contributed by atoms with Gasteiger partial charge in [-0.3, -0.25) is 0 Å². The molecule has 0 N–H and O–H groups in total. The van der Waals surface area contributed by atoms with Crippen molar-refractivity contribution in [3.05, 3.63) is 54.1 Å². The Kier molecular flexibility index (Phi) is 14.4. The number of nitrogens with zero attached hydrogens (tertiary/aromatic N) is 2. The fraction of sp³-hybridized carbons (Fsp3) is 0.737. The van der Waals surface area contributed by atoms with Crippen LogP contribution in [0.2, 0.25) is 0 Å². The van der Waals surface area contributed by atoms with E-state index in [1.807, 2.05) is 24.3 Å². The summed E-state index contributed by atoms with van der Waals surface area (Å²) in [7, 11) is 0. The first kappa shape index (κ1) is 36.3. The van der Waals surface area contributed by atoms with Gasteiger partial charge in [0.1, 0.15) is 12.4 Å². The second-order valence-corrected chi connectivity index (χ2v) is 15.1. The van der Waals surface area contributed by atoms with E-state index in [0.717, 1.165) is 23.8 Å². The molecule has 0 radical (unpaired) electrons. The summed E-state index contributed by atoms with van der Waals surface area (Å²) in [5.41, 5.74) is 2.06. The molecule has 0 saturated heterocycles. The quantitative estimate of drug-likeness (QED) is 0.235. The first-order valence-corrected chi connectivity index (χ1v) is 17.4. The molecule has 44 heavy (non-hydrogen) atoms. The van der Waals surface area contributed by atoms with Crippen LogP contribution in [0.5, 0.6) is 0 Å². The SMILES string of the molecule is CC(C)Cc1ccc(C(C)C(=O)[O-])cc1.CC(C)[C@@H]1CC[C@@H](C)C[C@H]1OCn1cc[n+](CO[C@@H]2C[C@H](C)CC[C@H]2C(C)C)c1. The molecule has 0 aliphatic heterocycles. The van der Waals surface area contributed by atoms with Crippen LogP contribution in [0.3, 0.4) is 0 Å². The van der Waals surface area contributed by atoms with Crippen molar-refractivity contribution in [1.82, 2.24) is 4.57 Å². The average molecular weight is 611 g/mol. The van der Waals surface area contributed by atoms with Crippen molar-refractivity contribution in [3.8, 4) is 0 Å². The van der Waals surface area contributed by atoms with E-state index >= 15 is 0 Å². The third kappa shape index (κ3) is 11.3. The molecule has 4 rings (SSSR count). The molecule has 1 heterocycles. The summed E-state index contributed by atoms with van der Waals surface area (Å²) in [6.45, 7) is 21.4. The van der Waals surface area contributed by atoms with Crippen LogP contribution >= 0.6 is 0 Å². The summed E-state index contributed by atoms with van der Waals surface area (Å²) < 4.78 is 17.1. The molecule has 2 aliphatic rings. The number of rotatable bonds is 12. The predicted octanol–water partition coefficient (Wildman–Crippen LogP) is 7.38. The minimum absolute atomic E-state index is 0.390. The highest BCUT2D eigenvalue weighted by atomic mass is 16.5. The zero-order valence-corrected chi connectivity index (χ0v) is 29.2. The van der Waals surface area contributed by atoms with Gasteiger partial charge in [-0.1, -0.05) is 99.4 Å². The number of carboxylic acids is 1. The van der Waals surface area contributed by atoms with Gasteiger partial charge in [-0.2, -0.15) is 0 Å². The number of aliphatic carboxylic acids is 1. The Hall–Kier alpha value is -2.18. The van der Waals surface area contributed by atoms with Crippen molar-refractivity contribution in [1.29, 1.82) is 0 Å². The molecule has 2 saturated carbocycles. The van der Waals surface area contributed by atoms with Crippen molar-refractivity contribution < 1.29 is 23.9 Å². The molecule has 0 amide bonds. The number of imidazole rings is 1. The Balaban J connectivity index is 0.000000297. The first-order valence-electron chi connectivity index (χ1n) is 17.4. The maximum Gasteiger partial charge on any atom is 0.247 e. The van der Waals surface area contributed by atoms with E-state index in [9.17, 15) is 9.90 Å². The van der Waals surface area contributed by atoms with Crippen LogP contribution in [0.1, 0.15) is 118 Å². The van der Waals surface area contributed by atoms with E-state index in [-0.39, 0.29) is 0 Å². The van der Waals surface area contributed by atoms with Crippen LogP contribution in [0, 0.1) is 41.4 Å². The topological polar surface area (TPSA) is 67.4 Å². The number of carbonyl (C=O) groups excluding carboxylic acids is 1. The fourth-order valence-corrected chi connectivity index (χ4v) is 7.12. The Morgan fingerprint density at radius 2 is 1.41 bits per heavy atom. The monoisotopic (exact) mass is 610 g/mol. The molecular weight excluding hydrogens is 548 g/mol. The molecule has 0 bridgehead atoms. The number of hydrogen-bond donors (Lipinski definition) is 0. The number of ether oxygens (including phenoxy) is 2. The number of carboxylic acid groups (broad SMARTS) is 1. The summed E-state index contributed by atoms with van der Waals surface area (Å²) in [4.78, 5) is 10.7. The third-order valence-corrected chi connectivity index (χ3v) is 10.0. The molecule has 6 nitrogen and oxygen atoms in total. The Morgan fingerprint density at radius 3 is 1.91 bits per heavy atom. The van der Waals surface area contributed by atoms with Gasteiger partial charge in [0.05, 0.1) is 12.2 Å². The molecule has 6 heteroatoms. The number of hydrogen-bond acceptors (Lipinski definition) is 4. The largest absolute Gasteiger partial charge is 0.550 e. The third-order valence-electron chi connectivity index (χ3n) is 10.0. The Morgan fingerprint density at radius 1 is 0.864 bits per heavy atom. The van der Waals surface area contributed by atoms with E-state index in [1.54, 1.807) is 6.92 Å². The van der Waals surface area contributed by atoms with Crippen molar-refractivity contribution in [2.75, 3.05) is 0 Å². The minimum atomic E-state index is -1.02. The second-order valence-electron chi connectivity index (χ2n) is 15.1. The standard InChI is InChI=1S/C25H45N2O2.C13H18O2/c1-18(2)22-9-7-20(5)13-24(22)28-16-26-11-12-27(15-26)17-29-25-14-21(6)8-10-23(25)19(3)4;1-9(2)8-11-4-6-12(7-5-11)10(3)13(14)15/h11-12,15,18-25H,7-10,13-14,16-17H2,1-6H3;4-7,9-10H,8H2,1-3H3,(H,14,15)/q+1;/p-1/t20-,21-,22+,23+,24-,25-;/m1./s1. The molecule has 0 spiro atoms. The summed E-state index contributed by atoms with van der Waals surface area (Å²) in [6, 6.07) is 7.74. The van der Waals surface area contributed by atoms with E-state index in [1.165, 1.54) is 44.1 Å². The molecule has 1 unspecified atom stereocenters. The van der Waals surface area contributed by atoms with Gasteiger partial charge >= 0.3 is 0 Å². The van der Waals surface area contributed by atoms with Crippen molar-refractivity contribution in [2.45, 2.75) is 139 Å². The van der Waals surface area contributed by atoms with Crippen LogP contribution in [0.25, 0.3) is 0 Å². The van der Waals surface area contributed by atoms with E-state index < -0.39 is 11.9 Å². The zero-order chi connectivity index (χ0) is 32.4. The fourth-order valence-electron chi connectivity index (χ4n) is 7.12. The van der Waals surface area contributed by atoms with Gasteiger partial charge in [0.15, 0.2) is 13.5 Å². The van der Waals surface area contributed by atoms with Crippen molar-refractivity contribution in [3.63, 3.8) is 0 Å². The van der Waals surface area contributed by atoms with Crippen molar-refractivity contribution in [2.24, 2.45) is 41.4 Å². The summed E-state index contributed by atoms with van der Waals surface area (Å²) in [5.74, 6) is 3.41. The Labute approximate surface area is 268 Å². The molecule has 1 aromatic heterocycles. The predicted molar refractivity (Wildman–Crippen MR) is 175 cm³/mol. The summed E-state index contributed by atoms with van der Waals surface area (Å²) >= 11 is 0.